The molecule has 2 N–H and O–H groups in total. The lowest BCUT2D eigenvalue weighted by atomic mass is 9.96. The molecular formula is C39H49F4N7O5. The van der Waals surface area contributed by atoms with E-state index in [1.54, 1.807) is 7.11 Å². The van der Waals surface area contributed by atoms with Crippen molar-refractivity contribution in [1.29, 1.82) is 0 Å². The average Bonchev–Trinajstić information content (AvgIpc) is 3.79. The van der Waals surface area contributed by atoms with E-state index in [0.717, 1.165) is 64.2 Å². The second-order valence-electron chi connectivity index (χ2n) is 16.9. The summed E-state index contributed by atoms with van der Waals surface area (Å²) in [5.74, 6) is -0.842. The van der Waals surface area contributed by atoms with Gasteiger partial charge >= 0.3 is 18.3 Å². The number of fused-ring (bicyclic) bond motifs is 5. The van der Waals surface area contributed by atoms with E-state index in [1.165, 1.54) is 13.0 Å². The number of aryl methyl sites for hydroxylation is 1. The summed E-state index contributed by atoms with van der Waals surface area (Å²) in [4.78, 5) is 33.7. The number of nitrogens with two attached hydrogens (primary N) is 1. The molecule has 5 aliphatic rings. The van der Waals surface area contributed by atoms with Crippen molar-refractivity contribution >= 4 is 28.5 Å². The van der Waals surface area contributed by atoms with E-state index in [1.807, 2.05) is 25.7 Å². The fraction of sp³-hybridized carbons (Fsp3) is 0.641. The third-order valence-electron chi connectivity index (χ3n) is 11.8. The quantitative estimate of drug-likeness (QED) is 0.203. The molecule has 1 saturated carbocycles. The second kappa shape index (κ2) is 13.8. The van der Waals surface area contributed by atoms with E-state index in [2.05, 4.69) is 19.8 Å². The molecule has 12 nitrogen and oxygen atoms in total. The number of nitrogen functional groups attached to an aromatic ring is 1. The van der Waals surface area contributed by atoms with Crippen molar-refractivity contribution in [1.82, 2.24) is 24.8 Å². The Hall–Kier alpha value is -4.18. The third kappa shape index (κ3) is 7.20. The lowest BCUT2D eigenvalue weighted by Crippen LogP contribution is -2.62. The number of halogens is 4. The summed E-state index contributed by atoms with van der Waals surface area (Å²) in [6, 6.07) is 1.45. The number of aromatic nitrogens is 3. The highest BCUT2D eigenvalue weighted by molar-refractivity contribution is 5.97. The van der Waals surface area contributed by atoms with E-state index in [4.69, 9.17) is 29.7 Å². The molecule has 55 heavy (non-hydrogen) atoms. The number of benzene rings is 1. The number of hydrogen-bond acceptors (Lipinski definition) is 11. The molecule has 0 unspecified atom stereocenters. The van der Waals surface area contributed by atoms with Crippen molar-refractivity contribution in [2.75, 3.05) is 57.1 Å². The monoisotopic (exact) mass is 771 g/mol. The number of alkyl halides is 3. The molecule has 0 radical (unpaired) electrons. The van der Waals surface area contributed by atoms with Gasteiger partial charge in [-0.1, -0.05) is 0 Å². The van der Waals surface area contributed by atoms with Crippen LogP contribution < -0.4 is 20.1 Å². The maximum atomic E-state index is 17.1. The lowest BCUT2D eigenvalue weighted by molar-refractivity contribution is -0.137. The van der Waals surface area contributed by atoms with E-state index < -0.39 is 40.5 Å². The third-order valence-corrected chi connectivity index (χ3v) is 11.8. The van der Waals surface area contributed by atoms with Crippen molar-refractivity contribution in [3.05, 3.63) is 29.1 Å². The van der Waals surface area contributed by atoms with Crippen LogP contribution in [0.25, 0.3) is 22.2 Å². The Morgan fingerprint density at radius 1 is 1.04 bits per heavy atom. The number of methoxy groups -OCH3 is 1. The topological polar surface area (TPSA) is 128 Å². The van der Waals surface area contributed by atoms with Crippen molar-refractivity contribution in [2.24, 2.45) is 5.41 Å². The molecule has 2 aromatic heterocycles. The summed E-state index contributed by atoms with van der Waals surface area (Å²) in [5.41, 5.74) is 2.70. The molecule has 2 bridgehead atoms. The molecule has 1 aliphatic carbocycles. The molecule has 0 spiro atoms. The number of piperazine rings is 1. The van der Waals surface area contributed by atoms with Gasteiger partial charge in [0, 0.05) is 56.4 Å². The summed E-state index contributed by atoms with van der Waals surface area (Å²) in [6.45, 7) is 10.2. The Balaban J connectivity index is 1.21. The predicted octanol–water partition coefficient (Wildman–Crippen LogP) is 6.75. The molecule has 4 aliphatic heterocycles. The maximum Gasteiger partial charge on any atom is 0.417 e. The van der Waals surface area contributed by atoms with Gasteiger partial charge in [0.25, 0.3) is 0 Å². The normalized spacial score (nSPS) is 23.9. The number of rotatable bonds is 7. The van der Waals surface area contributed by atoms with Crippen LogP contribution in [0.5, 0.6) is 11.9 Å². The fourth-order valence-corrected chi connectivity index (χ4v) is 9.06. The highest BCUT2D eigenvalue weighted by Crippen LogP contribution is 2.49. The molecule has 8 rings (SSSR count). The van der Waals surface area contributed by atoms with Crippen LogP contribution in [0.4, 0.5) is 33.9 Å². The number of carbonyl (C=O) groups excluding carboxylic acids is 1. The highest BCUT2D eigenvalue weighted by atomic mass is 19.4. The second-order valence-corrected chi connectivity index (χ2v) is 16.9. The summed E-state index contributed by atoms with van der Waals surface area (Å²) in [7, 11) is 1.74. The zero-order valence-corrected chi connectivity index (χ0v) is 32.0. The SMILES string of the molecule is COC1CCN(CC2(COc3nc4c5c(nc(-c6cc(N)cc(C)c6C(F)(F)F)c(F)c5n3)OCC[C@@H]3[C@@H]5CC[C@H](CN43)N5C(=O)OC(C)(C)C)CC2)CC1. The van der Waals surface area contributed by atoms with Gasteiger partial charge in [0.15, 0.2) is 5.82 Å². The molecule has 298 valence electrons. The largest absolute Gasteiger partial charge is 0.477 e. The first kappa shape index (κ1) is 37.7. The standard InChI is InChI=1S/C39H49F4N7O5/c1-21-16-22(44)17-25(29(21)39(41,42)43)31-30(40)32-28-33(47-35(46-32)54-20-38(11-12-38)19-48-13-8-24(52-5)9-14-48)49-18-23-6-7-27(26(49)10-15-53-34(28)45-31)50(23)36(51)55-37(2,3)4/h16-17,23-24,26-27H,6-15,18-20,44H2,1-5H3/t23-,26-,27+/m1/s1. The van der Waals surface area contributed by atoms with Crippen LogP contribution >= 0.6 is 0 Å². The number of amides is 1. The van der Waals surface area contributed by atoms with Crippen LogP contribution in [0.3, 0.4) is 0 Å². The first-order valence-electron chi connectivity index (χ1n) is 19.2. The smallest absolute Gasteiger partial charge is 0.417 e. The Morgan fingerprint density at radius 3 is 2.45 bits per heavy atom. The number of pyridine rings is 1. The Bertz CT molecular complexity index is 1980. The molecule has 3 saturated heterocycles. The molecule has 6 heterocycles. The maximum absolute atomic E-state index is 17.1. The first-order chi connectivity index (χ1) is 26.0. The molecule has 3 aromatic rings. The first-order valence-corrected chi connectivity index (χ1v) is 19.2. The number of likely N-dealkylation sites (tertiary alicyclic amines) is 1. The van der Waals surface area contributed by atoms with Crippen LogP contribution in [0.15, 0.2) is 12.1 Å². The molecule has 1 amide bonds. The average molecular weight is 772 g/mol. The van der Waals surface area contributed by atoms with Crippen LogP contribution in [0, 0.1) is 18.2 Å². The fourth-order valence-electron chi connectivity index (χ4n) is 9.06. The Morgan fingerprint density at radius 2 is 1.78 bits per heavy atom. The molecule has 3 atom stereocenters. The van der Waals surface area contributed by atoms with Gasteiger partial charge in [-0.05, 0) is 83.9 Å². The number of carbonyl (C=O) groups is 1. The van der Waals surface area contributed by atoms with Gasteiger partial charge < -0.3 is 34.5 Å². The summed E-state index contributed by atoms with van der Waals surface area (Å²) < 4.78 is 84.7. The minimum Gasteiger partial charge on any atom is -0.477 e. The van der Waals surface area contributed by atoms with Gasteiger partial charge in [0.05, 0.1) is 43.0 Å². The number of piperidine rings is 1. The number of ether oxygens (including phenoxy) is 4. The van der Waals surface area contributed by atoms with Crippen LogP contribution in [-0.2, 0) is 15.7 Å². The van der Waals surface area contributed by atoms with Crippen molar-refractivity contribution in [2.45, 2.75) is 109 Å². The van der Waals surface area contributed by atoms with Gasteiger partial charge in [0.1, 0.15) is 28.0 Å². The van der Waals surface area contributed by atoms with Crippen molar-refractivity contribution in [3.63, 3.8) is 0 Å². The van der Waals surface area contributed by atoms with E-state index in [0.29, 0.717) is 25.4 Å². The van der Waals surface area contributed by atoms with Crippen molar-refractivity contribution in [3.8, 4) is 23.1 Å². The lowest BCUT2D eigenvalue weighted by Gasteiger charge is -2.48. The predicted molar refractivity (Wildman–Crippen MR) is 197 cm³/mol. The minimum atomic E-state index is -4.83. The van der Waals surface area contributed by atoms with E-state index in [-0.39, 0.29) is 70.3 Å². The van der Waals surface area contributed by atoms with Crippen molar-refractivity contribution < 1.29 is 41.3 Å². The Labute approximate surface area is 317 Å². The summed E-state index contributed by atoms with van der Waals surface area (Å²) >= 11 is 0. The number of anilines is 2. The molecule has 16 heteroatoms. The summed E-state index contributed by atoms with van der Waals surface area (Å²) in [5, 5.41) is 0.139. The van der Waals surface area contributed by atoms with Gasteiger partial charge in [-0.25, -0.2) is 14.2 Å². The van der Waals surface area contributed by atoms with Gasteiger partial charge in [-0.2, -0.15) is 23.1 Å². The number of nitrogens with zero attached hydrogens (tertiary/aromatic N) is 6. The highest BCUT2D eigenvalue weighted by Gasteiger charge is 2.51. The zero-order valence-electron chi connectivity index (χ0n) is 32.0. The minimum absolute atomic E-state index is 0.0279. The Kier molecular flexibility index (Phi) is 9.45. The van der Waals surface area contributed by atoms with E-state index >= 15 is 4.39 Å². The molecule has 4 fully saturated rings. The van der Waals surface area contributed by atoms with Gasteiger partial charge in [-0.15, -0.1) is 0 Å². The zero-order chi connectivity index (χ0) is 39.0. The van der Waals surface area contributed by atoms with E-state index in [9.17, 15) is 18.0 Å². The van der Waals surface area contributed by atoms with Gasteiger partial charge in [0.2, 0.25) is 5.88 Å². The molecular weight excluding hydrogens is 722 g/mol. The summed E-state index contributed by atoms with van der Waals surface area (Å²) in [6.07, 6.45) is 0.733. The molecule has 1 aromatic carbocycles. The van der Waals surface area contributed by atoms with Crippen LogP contribution in [-0.4, -0.2) is 107 Å². The number of hydrogen-bond donors (Lipinski definition) is 1. The van der Waals surface area contributed by atoms with Crippen LogP contribution in [0.2, 0.25) is 0 Å². The van der Waals surface area contributed by atoms with Gasteiger partial charge in [-0.3, -0.25) is 4.90 Å². The van der Waals surface area contributed by atoms with Crippen LogP contribution in [0.1, 0.15) is 76.8 Å².